The van der Waals surface area contributed by atoms with E-state index in [1.165, 1.54) is 7.11 Å². The number of thiol groups is 1. The molecule has 0 spiro atoms. The number of hydrogen-bond donors (Lipinski definition) is 2. The van der Waals surface area contributed by atoms with Gasteiger partial charge in [-0.3, -0.25) is 0 Å². The van der Waals surface area contributed by atoms with Crippen molar-refractivity contribution in [1.82, 2.24) is 0 Å². The minimum atomic E-state index is -3.12. The van der Waals surface area contributed by atoms with E-state index in [2.05, 4.69) is 21.3 Å². The van der Waals surface area contributed by atoms with Gasteiger partial charge in [0.15, 0.2) is 0 Å². The Balaban J connectivity index is 3.38. The van der Waals surface area contributed by atoms with Gasteiger partial charge in [0.25, 0.3) is 0 Å². The van der Waals surface area contributed by atoms with Crippen molar-refractivity contribution < 1.29 is 18.7 Å². The van der Waals surface area contributed by atoms with E-state index in [0.29, 0.717) is 6.42 Å². The van der Waals surface area contributed by atoms with Crippen LogP contribution in [-0.2, 0) is 13.6 Å². The van der Waals surface area contributed by atoms with Crippen LogP contribution in [0.25, 0.3) is 0 Å². The first-order chi connectivity index (χ1) is 4.62. The molecule has 0 aliphatic heterocycles. The lowest BCUT2D eigenvalue weighted by molar-refractivity contribution is 0.211. The van der Waals surface area contributed by atoms with Crippen LogP contribution in [0.15, 0.2) is 0 Å². The molecule has 4 nitrogen and oxygen atoms in total. The van der Waals surface area contributed by atoms with Gasteiger partial charge in [-0.15, -0.1) is 0 Å². The lowest BCUT2D eigenvalue weighted by atomic mass is 10.5. The third kappa shape index (κ3) is 5.26. The molecule has 0 saturated heterocycles. The molecule has 0 bridgehead atoms. The van der Waals surface area contributed by atoms with Gasteiger partial charge in [0.2, 0.25) is 0 Å². The van der Waals surface area contributed by atoms with E-state index in [1.54, 1.807) is 0 Å². The molecular formula is C4H11O4PS. The fourth-order valence-corrected chi connectivity index (χ4v) is 1.01. The van der Waals surface area contributed by atoms with Crippen molar-refractivity contribution >= 4 is 19.0 Å². The van der Waals surface area contributed by atoms with Gasteiger partial charge in [0.05, 0.1) is 6.61 Å². The average Bonchev–Trinajstić information content (AvgIpc) is 1.89. The highest BCUT2D eigenvalue weighted by molar-refractivity contribution is 8.44. The number of aliphatic hydroxyl groups excluding tert-OH is 1. The van der Waals surface area contributed by atoms with Crippen molar-refractivity contribution in [3.63, 3.8) is 0 Å². The van der Waals surface area contributed by atoms with Crippen molar-refractivity contribution in [2.75, 3.05) is 20.3 Å². The predicted octanol–water partition coefficient (Wildman–Crippen LogP) is 1.07. The zero-order chi connectivity index (χ0) is 8.04. The smallest absolute Gasteiger partial charge is 0.385 e. The van der Waals surface area contributed by atoms with E-state index in [1.807, 2.05) is 0 Å². The summed E-state index contributed by atoms with van der Waals surface area (Å²) in [5, 5.41) is 8.30. The van der Waals surface area contributed by atoms with Crippen LogP contribution in [0.2, 0.25) is 0 Å². The molecule has 62 valence electrons. The van der Waals surface area contributed by atoms with E-state index < -0.39 is 6.80 Å². The van der Waals surface area contributed by atoms with Crippen molar-refractivity contribution in [2.24, 2.45) is 0 Å². The zero-order valence-electron chi connectivity index (χ0n) is 5.69. The van der Waals surface area contributed by atoms with E-state index in [9.17, 15) is 4.57 Å². The van der Waals surface area contributed by atoms with Crippen LogP contribution in [0, 0.1) is 0 Å². The molecule has 0 aromatic carbocycles. The van der Waals surface area contributed by atoms with Gasteiger partial charge in [-0.2, -0.15) is 0 Å². The van der Waals surface area contributed by atoms with Crippen LogP contribution in [0.4, 0.5) is 0 Å². The molecule has 0 saturated carbocycles. The monoisotopic (exact) mass is 186 g/mol. The molecule has 10 heavy (non-hydrogen) atoms. The number of hydrogen-bond acceptors (Lipinski definition) is 4. The van der Waals surface area contributed by atoms with Crippen LogP contribution in [0.1, 0.15) is 6.42 Å². The molecule has 0 fully saturated rings. The first kappa shape index (κ1) is 10.5. The SMILES string of the molecule is COP(=O)(S)OCCCO. The van der Waals surface area contributed by atoms with Crippen molar-refractivity contribution in [3.05, 3.63) is 0 Å². The second-order valence-corrected chi connectivity index (χ2v) is 4.59. The predicted molar refractivity (Wildman–Crippen MR) is 41.3 cm³/mol. The molecule has 1 atom stereocenters. The molecular weight excluding hydrogens is 175 g/mol. The molecule has 0 radical (unpaired) electrons. The molecule has 6 heteroatoms. The summed E-state index contributed by atoms with van der Waals surface area (Å²) in [7, 11) is 1.26. The Bertz CT molecular complexity index is 128. The third-order valence-electron chi connectivity index (χ3n) is 0.788. The largest absolute Gasteiger partial charge is 0.396 e. The Morgan fingerprint density at radius 1 is 1.70 bits per heavy atom. The summed E-state index contributed by atoms with van der Waals surface area (Å²) in [6, 6.07) is 0. The summed E-state index contributed by atoms with van der Waals surface area (Å²) >= 11 is 3.59. The Labute approximate surface area is 65.2 Å². The lowest BCUT2D eigenvalue weighted by Crippen LogP contribution is -1.93. The maximum Gasteiger partial charge on any atom is 0.385 e. The molecule has 0 aromatic heterocycles. The Morgan fingerprint density at radius 2 is 2.30 bits per heavy atom. The van der Waals surface area contributed by atoms with E-state index in [0.717, 1.165) is 0 Å². The van der Waals surface area contributed by atoms with Crippen molar-refractivity contribution in [2.45, 2.75) is 6.42 Å². The molecule has 0 heterocycles. The normalized spacial score (nSPS) is 16.7. The van der Waals surface area contributed by atoms with Gasteiger partial charge in [-0.1, -0.05) is 12.2 Å². The average molecular weight is 186 g/mol. The second-order valence-electron chi connectivity index (χ2n) is 1.56. The van der Waals surface area contributed by atoms with Gasteiger partial charge in [-0.05, 0) is 6.42 Å². The first-order valence-electron chi connectivity index (χ1n) is 2.76. The molecule has 0 amide bonds. The minimum absolute atomic E-state index is 0.0114. The van der Waals surface area contributed by atoms with Crippen LogP contribution in [0.5, 0.6) is 0 Å². The minimum Gasteiger partial charge on any atom is -0.396 e. The van der Waals surface area contributed by atoms with Crippen LogP contribution >= 0.6 is 19.0 Å². The fourth-order valence-electron chi connectivity index (χ4n) is 0.297. The first-order valence-corrected chi connectivity index (χ1v) is 5.46. The molecule has 0 aliphatic rings. The standard InChI is InChI=1S/C4H11O4PS/c1-7-9(6,10)8-4-2-3-5/h5H,2-4H2,1H3,(H,6,10). The fraction of sp³-hybridized carbons (Fsp3) is 1.00. The van der Waals surface area contributed by atoms with Crippen LogP contribution < -0.4 is 0 Å². The van der Waals surface area contributed by atoms with Crippen molar-refractivity contribution in [3.8, 4) is 0 Å². The van der Waals surface area contributed by atoms with E-state index in [4.69, 9.17) is 5.11 Å². The topological polar surface area (TPSA) is 55.8 Å². The van der Waals surface area contributed by atoms with Gasteiger partial charge in [-0.25, -0.2) is 4.57 Å². The van der Waals surface area contributed by atoms with Gasteiger partial charge < -0.3 is 14.2 Å². The van der Waals surface area contributed by atoms with Crippen LogP contribution in [-0.4, -0.2) is 25.4 Å². The van der Waals surface area contributed by atoms with E-state index in [-0.39, 0.29) is 13.2 Å². The zero-order valence-corrected chi connectivity index (χ0v) is 7.48. The summed E-state index contributed by atoms with van der Waals surface area (Å²) < 4.78 is 19.9. The summed E-state index contributed by atoms with van der Waals surface area (Å²) in [6.45, 7) is -2.91. The highest BCUT2D eigenvalue weighted by atomic mass is 32.7. The molecule has 0 aromatic rings. The maximum absolute atomic E-state index is 10.8. The quantitative estimate of drug-likeness (QED) is 0.383. The molecule has 0 aliphatic carbocycles. The molecule has 1 unspecified atom stereocenters. The summed E-state index contributed by atoms with van der Waals surface area (Å²) in [4.78, 5) is 0. The summed E-state index contributed by atoms with van der Waals surface area (Å²) in [5.41, 5.74) is 0. The summed E-state index contributed by atoms with van der Waals surface area (Å²) in [6.07, 6.45) is 0.438. The van der Waals surface area contributed by atoms with Crippen LogP contribution in [0.3, 0.4) is 0 Å². The summed E-state index contributed by atoms with van der Waals surface area (Å²) in [5.74, 6) is 0. The number of rotatable bonds is 5. The second kappa shape index (κ2) is 5.16. The van der Waals surface area contributed by atoms with Gasteiger partial charge in [0.1, 0.15) is 0 Å². The maximum atomic E-state index is 10.8. The highest BCUT2D eigenvalue weighted by Crippen LogP contribution is 2.51. The van der Waals surface area contributed by atoms with Crippen molar-refractivity contribution in [1.29, 1.82) is 0 Å². The highest BCUT2D eigenvalue weighted by Gasteiger charge is 2.14. The lowest BCUT2D eigenvalue weighted by Gasteiger charge is -2.08. The number of aliphatic hydroxyl groups is 1. The Hall–Kier alpha value is 0.460. The van der Waals surface area contributed by atoms with E-state index >= 15 is 0 Å². The molecule has 0 rings (SSSR count). The molecule has 1 N–H and O–H groups in total. The van der Waals surface area contributed by atoms with Gasteiger partial charge >= 0.3 is 6.80 Å². The third-order valence-corrected chi connectivity index (χ3v) is 2.59. The van der Waals surface area contributed by atoms with Gasteiger partial charge in [0, 0.05) is 13.7 Å². The Morgan fingerprint density at radius 3 is 2.70 bits per heavy atom. The Kier molecular flexibility index (Phi) is 5.39.